The fraction of sp³-hybridized carbons (Fsp3) is 0.414. The molecular formula is C29H33BN4O2S. The lowest BCUT2D eigenvalue weighted by atomic mass is 9.60. The second-order valence-electron chi connectivity index (χ2n) is 11.5. The van der Waals surface area contributed by atoms with E-state index in [9.17, 15) is 0 Å². The molecule has 1 aliphatic heterocycles. The highest BCUT2D eigenvalue weighted by molar-refractivity contribution is 7.71. The van der Waals surface area contributed by atoms with E-state index >= 15 is 0 Å². The van der Waals surface area contributed by atoms with Gasteiger partial charge in [-0.2, -0.15) is 0 Å². The zero-order valence-corrected chi connectivity index (χ0v) is 22.9. The molecule has 1 saturated heterocycles. The SMILES string of the molecule is CCC1C2OB(c3ccc(Cn4cnc5c(=S)nc[nH]c54)cc3)OC2(c2ccccc2)C(C)(C)C1(C)C. The molecule has 2 aromatic carbocycles. The van der Waals surface area contributed by atoms with E-state index in [0.29, 0.717) is 17.1 Å². The Morgan fingerprint density at radius 3 is 2.46 bits per heavy atom. The van der Waals surface area contributed by atoms with Crippen LogP contribution in [-0.2, 0) is 21.5 Å². The minimum Gasteiger partial charge on any atom is -0.401 e. The summed E-state index contributed by atoms with van der Waals surface area (Å²) in [5, 5.41) is 0. The zero-order chi connectivity index (χ0) is 26.0. The van der Waals surface area contributed by atoms with Crippen LogP contribution in [0.25, 0.3) is 11.2 Å². The Morgan fingerprint density at radius 1 is 1.03 bits per heavy atom. The van der Waals surface area contributed by atoms with Crippen LogP contribution < -0.4 is 5.46 Å². The van der Waals surface area contributed by atoms with Crippen LogP contribution in [0.1, 0.15) is 52.2 Å². The molecule has 0 radical (unpaired) electrons. The van der Waals surface area contributed by atoms with Crippen LogP contribution in [0.3, 0.4) is 0 Å². The summed E-state index contributed by atoms with van der Waals surface area (Å²) in [6.07, 6.45) is 4.44. The normalized spacial score (nSPS) is 26.0. The Balaban J connectivity index is 1.32. The van der Waals surface area contributed by atoms with Crippen molar-refractivity contribution in [2.45, 2.75) is 59.3 Å². The van der Waals surface area contributed by atoms with Crippen molar-refractivity contribution in [3.05, 3.63) is 83.0 Å². The fourth-order valence-corrected chi connectivity index (χ4v) is 7.05. The van der Waals surface area contributed by atoms with E-state index in [4.69, 9.17) is 21.5 Å². The standard InChI is InChI=1S/C29H33BN4O2S/c1-6-22-24-29(20-10-8-7-9-11-20,28(4,5)27(22,2)3)36-30(35-24)21-14-12-19(13-15-21)16-34-18-33-23-25(34)31-17-32-26(23)37/h7-15,17-18,22,24H,6,16H2,1-5H3,(H,31,32,37). The van der Waals surface area contributed by atoms with Crippen molar-refractivity contribution < 1.29 is 9.31 Å². The van der Waals surface area contributed by atoms with E-state index < -0.39 is 12.7 Å². The third kappa shape index (κ3) is 3.42. The largest absolute Gasteiger partial charge is 0.494 e. The van der Waals surface area contributed by atoms with Crippen molar-refractivity contribution in [3.8, 4) is 0 Å². The smallest absolute Gasteiger partial charge is 0.401 e. The van der Waals surface area contributed by atoms with Crippen LogP contribution in [-0.4, -0.2) is 32.7 Å². The van der Waals surface area contributed by atoms with Crippen LogP contribution in [0, 0.1) is 21.4 Å². The molecule has 6 nitrogen and oxygen atoms in total. The van der Waals surface area contributed by atoms with E-state index in [1.54, 1.807) is 12.7 Å². The van der Waals surface area contributed by atoms with Crippen molar-refractivity contribution in [1.29, 1.82) is 0 Å². The number of rotatable bonds is 5. The summed E-state index contributed by atoms with van der Waals surface area (Å²) >= 11 is 5.30. The van der Waals surface area contributed by atoms with Gasteiger partial charge in [0.1, 0.15) is 16.8 Å². The van der Waals surface area contributed by atoms with Gasteiger partial charge in [0, 0.05) is 5.41 Å². The van der Waals surface area contributed by atoms with Gasteiger partial charge in [-0.25, -0.2) is 9.97 Å². The number of nitrogens with zero attached hydrogens (tertiary/aromatic N) is 3. The monoisotopic (exact) mass is 512 g/mol. The summed E-state index contributed by atoms with van der Waals surface area (Å²) in [5.41, 5.74) is 4.37. The highest BCUT2D eigenvalue weighted by atomic mass is 32.1. The molecule has 3 unspecified atom stereocenters. The Kier molecular flexibility index (Phi) is 5.71. The van der Waals surface area contributed by atoms with Gasteiger partial charge in [-0.15, -0.1) is 0 Å². The Hall–Kier alpha value is -2.81. The number of nitrogens with one attached hydrogen (secondary N) is 1. The lowest BCUT2D eigenvalue weighted by Crippen LogP contribution is -2.49. The summed E-state index contributed by atoms with van der Waals surface area (Å²) < 4.78 is 16.5. The van der Waals surface area contributed by atoms with Gasteiger partial charge in [0.15, 0.2) is 4.64 Å². The molecule has 1 aliphatic carbocycles. The number of hydrogen-bond acceptors (Lipinski definition) is 5. The van der Waals surface area contributed by atoms with E-state index in [2.05, 4.69) is 109 Å². The molecule has 8 heteroatoms. The third-order valence-electron chi connectivity index (χ3n) is 9.47. The Labute approximate surface area is 223 Å². The number of aromatic amines is 1. The fourth-order valence-electron chi connectivity index (χ4n) is 6.84. The topological polar surface area (TPSA) is 65.0 Å². The maximum atomic E-state index is 7.08. The van der Waals surface area contributed by atoms with Gasteiger partial charge in [0.25, 0.3) is 0 Å². The van der Waals surface area contributed by atoms with Gasteiger partial charge in [0.2, 0.25) is 0 Å². The van der Waals surface area contributed by atoms with Crippen LogP contribution >= 0.6 is 12.2 Å². The molecule has 4 aromatic rings. The maximum Gasteiger partial charge on any atom is 0.494 e. The highest BCUT2D eigenvalue weighted by Gasteiger charge is 2.73. The van der Waals surface area contributed by atoms with Gasteiger partial charge in [-0.1, -0.05) is 108 Å². The average molecular weight is 512 g/mol. The molecule has 0 spiro atoms. The number of H-pyrrole nitrogens is 1. The number of fused-ring (bicyclic) bond motifs is 2. The second kappa shape index (κ2) is 8.62. The summed E-state index contributed by atoms with van der Waals surface area (Å²) in [6, 6.07) is 19.2. The first-order valence-corrected chi connectivity index (χ1v) is 13.5. The molecule has 2 aliphatic rings. The molecule has 2 aromatic heterocycles. The first-order valence-electron chi connectivity index (χ1n) is 13.1. The van der Waals surface area contributed by atoms with Crippen molar-refractivity contribution in [2.24, 2.45) is 16.7 Å². The van der Waals surface area contributed by atoms with E-state index in [1.165, 1.54) is 5.56 Å². The van der Waals surface area contributed by atoms with Crippen molar-refractivity contribution in [3.63, 3.8) is 0 Å². The van der Waals surface area contributed by atoms with Crippen molar-refractivity contribution in [1.82, 2.24) is 19.5 Å². The molecule has 6 rings (SSSR count). The van der Waals surface area contributed by atoms with Gasteiger partial charge in [0.05, 0.1) is 25.3 Å². The van der Waals surface area contributed by atoms with Gasteiger partial charge in [-0.05, 0) is 27.9 Å². The number of imidazole rings is 1. The second-order valence-corrected chi connectivity index (χ2v) is 11.9. The molecular weight excluding hydrogens is 479 g/mol. The predicted octanol–water partition coefficient (Wildman–Crippen LogP) is 5.64. The molecule has 1 N–H and O–H groups in total. The Bertz CT molecular complexity index is 1500. The van der Waals surface area contributed by atoms with E-state index in [-0.39, 0.29) is 16.9 Å². The summed E-state index contributed by atoms with van der Waals surface area (Å²) in [6.45, 7) is 12.4. The number of hydrogen-bond donors (Lipinski definition) is 1. The molecule has 2 fully saturated rings. The van der Waals surface area contributed by atoms with Gasteiger partial charge < -0.3 is 18.9 Å². The molecule has 1 saturated carbocycles. The quantitative estimate of drug-likeness (QED) is 0.277. The van der Waals surface area contributed by atoms with Crippen LogP contribution in [0.4, 0.5) is 0 Å². The molecule has 0 bridgehead atoms. The first kappa shape index (κ1) is 24.5. The maximum absolute atomic E-state index is 7.08. The summed E-state index contributed by atoms with van der Waals surface area (Å²) in [4.78, 5) is 11.7. The van der Waals surface area contributed by atoms with E-state index in [0.717, 1.165) is 28.6 Å². The lowest BCUT2D eigenvalue weighted by molar-refractivity contribution is -0.0634. The summed E-state index contributed by atoms with van der Waals surface area (Å²) in [7, 11) is -0.417. The number of aromatic nitrogens is 4. The van der Waals surface area contributed by atoms with Crippen molar-refractivity contribution >= 4 is 36.0 Å². The zero-order valence-electron chi connectivity index (χ0n) is 22.1. The summed E-state index contributed by atoms with van der Waals surface area (Å²) in [5.74, 6) is 0.376. The van der Waals surface area contributed by atoms with Gasteiger partial charge >= 0.3 is 7.12 Å². The molecule has 37 heavy (non-hydrogen) atoms. The molecule has 190 valence electrons. The van der Waals surface area contributed by atoms with Gasteiger partial charge in [-0.3, -0.25) is 0 Å². The molecule has 3 atom stereocenters. The van der Waals surface area contributed by atoms with E-state index in [1.807, 2.05) is 0 Å². The molecule has 0 amide bonds. The van der Waals surface area contributed by atoms with Crippen molar-refractivity contribution in [2.75, 3.05) is 0 Å². The minimum absolute atomic E-state index is 0.0244. The van der Waals surface area contributed by atoms with Crippen LogP contribution in [0.5, 0.6) is 0 Å². The predicted molar refractivity (Wildman–Crippen MR) is 149 cm³/mol. The Morgan fingerprint density at radius 2 is 1.76 bits per heavy atom. The first-order chi connectivity index (χ1) is 17.7. The third-order valence-corrected chi connectivity index (χ3v) is 9.76. The highest BCUT2D eigenvalue weighted by Crippen LogP contribution is 2.69. The average Bonchev–Trinajstić information content (AvgIpc) is 3.52. The van der Waals surface area contributed by atoms with Crippen LogP contribution in [0.15, 0.2) is 67.3 Å². The molecule has 3 heterocycles. The lowest BCUT2D eigenvalue weighted by Gasteiger charge is -2.47. The van der Waals surface area contributed by atoms with Crippen LogP contribution in [0.2, 0.25) is 0 Å². The minimum atomic E-state index is -0.525. The number of benzene rings is 2.